The van der Waals surface area contributed by atoms with Crippen LogP contribution in [0.25, 0.3) is 0 Å². The second-order valence-electron chi connectivity index (χ2n) is 6.15. The Hall–Kier alpha value is -2.57. The number of para-hydroxylation sites is 1. The molecule has 1 aromatic rings. The minimum absolute atomic E-state index is 0.123. The Kier molecular flexibility index (Phi) is 6.38. The largest absolute Gasteiger partial charge is 0.450 e. The third-order valence-electron chi connectivity index (χ3n) is 4.28. The Labute approximate surface area is 147 Å². The number of rotatable bonds is 3. The van der Waals surface area contributed by atoms with E-state index in [2.05, 4.69) is 10.6 Å². The molecule has 0 aliphatic carbocycles. The standard InChI is InChI=1S/C18H25N3O4/c1-4-25-18(24)21-10-8-14(9-11-21)19-16(22)17(23)20-15-12(2)6-5-7-13(15)3/h5-7,14H,4,8-11H2,1-3H3,(H,19,22)(H,20,23). The van der Waals surface area contributed by atoms with Crippen molar-refractivity contribution in [1.82, 2.24) is 10.2 Å². The molecule has 0 radical (unpaired) electrons. The van der Waals surface area contributed by atoms with E-state index in [1.807, 2.05) is 32.0 Å². The van der Waals surface area contributed by atoms with E-state index in [-0.39, 0.29) is 12.1 Å². The highest BCUT2D eigenvalue weighted by Gasteiger charge is 2.26. The molecule has 1 heterocycles. The lowest BCUT2D eigenvalue weighted by molar-refractivity contribution is -0.136. The van der Waals surface area contributed by atoms with Crippen molar-refractivity contribution < 1.29 is 19.1 Å². The van der Waals surface area contributed by atoms with Crippen LogP contribution in [-0.2, 0) is 14.3 Å². The molecule has 1 aliphatic rings. The Morgan fingerprint density at radius 2 is 1.72 bits per heavy atom. The molecule has 0 spiro atoms. The molecule has 25 heavy (non-hydrogen) atoms. The summed E-state index contributed by atoms with van der Waals surface area (Å²) in [6, 6.07) is 5.54. The first-order chi connectivity index (χ1) is 11.9. The summed E-state index contributed by atoms with van der Waals surface area (Å²) in [5, 5.41) is 5.42. The van der Waals surface area contributed by atoms with Gasteiger partial charge in [-0.2, -0.15) is 0 Å². The van der Waals surface area contributed by atoms with Crippen molar-refractivity contribution in [1.29, 1.82) is 0 Å². The Morgan fingerprint density at radius 1 is 1.12 bits per heavy atom. The predicted octanol–water partition coefficient (Wildman–Crippen LogP) is 1.98. The zero-order valence-electron chi connectivity index (χ0n) is 14.9. The van der Waals surface area contributed by atoms with E-state index >= 15 is 0 Å². The maximum absolute atomic E-state index is 12.1. The van der Waals surface area contributed by atoms with Crippen molar-refractivity contribution in [3.63, 3.8) is 0 Å². The number of ether oxygens (including phenoxy) is 1. The van der Waals surface area contributed by atoms with Gasteiger partial charge in [-0.1, -0.05) is 18.2 Å². The number of hydrogen-bond acceptors (Lipinski definition) is 4. The molecule has 0 saturated carbocycles. The second-order valence-corrected chi connectivity index (χ2v) is 6.15. The summed E-state index contributed by atoms with van der Waals surface area (Å²) >= 11 is 0. The number of aryl methyl sites for hydroxylation is 2. The van der Waals surface area contributed by atoms with Crippen molar-refractivity contribution in [2.24, 2.45) is 0 Å². The van der Waals surface area contributed by atoms with Crippen LogP contribution < -0.4 is 10.6 Å². The van der Waals surface area contributed by atoms with Crippen LogP contribution in [-0.4, -0.2) is 48.5 Å². The molecule has 1 saturated heterocycles. The average molecular weight is 347 g/mol. The quantitative estimate of drug-likeness (QED) is 0.819. The molecule has 136 valence electrons. The minimum Gasteiger partial charge on any atom is -0.450 e. The maximum atomic E-state index is 12.1. The van der Waals surface area contributed by atoms with Gasteiger partial charge < -0.3 is 20.3 Å². The molecule has 0 bridgehead atoms. The summed E-state index contributed by atoms with van der Waals surface area (Å²) in [6.07, 6.45) is 0.864. The van der Waals surface area contributed by atoms with E-state index in [1.54, 1.807) is 11.8 Å². The Bertz CT molecular complexity index is 631. The third-order valence-corrected chi connectivity index (χ3v) is 4.28. The summed E-state index contributed by atoms with van der Waals surface area (Å²) in [5.41, 5.74) is 2.48. The van der Waals surface area contributed by atoms with Crippen LogP contribution in [0.4, 0.5) is 10.5 Å². The lowest BCUT2D eigenvalue weighted by Gasteiger charge is -2.31. The summed E-state index contributed by atoms with van der Waals surface area (Å²) in [7, 11) is 0. The molecule has 0 aromatic heterocycles. The highest BCUT2D eigenvalue weighted by molar-refractivity contribution is 6.39. The van der Waals surface area contributed by atoms with E-state index in [1.165, 1.54) is 0 Å². The van der Waals surface area contributed by atoms with Crippen LogP contribution in [0.2, 0.25) is 0 Å². The summed E-state index contributed by atoms with van der Waals surface area (Å²) in [6.45, 7) is 6.87. The van der Waals surface area contributed by atoms with Crippen LogP contribution in [0.1, 0.15) is 30.9 Å². The molecular weight excluding hydrogens is 322 g/mol. The number of carbonyl (C=O) groups excluding carboxylic acids is 3. The van der Waals surface area contributed by atoms with Gasteiger partial charge in [0.1, 0.15) is 0 Å². The predicted molar refractivity (Wildman–Crippen MR) is 94.3 cm³/mol. The molecule has 1 aliphatic heterocycles. The van der Waals surface area contributed by atoms with E-state index in [4.69, 9.17) is 4.74 Å². The first-order valence-corrected chi connectivity index (χ1v) is 8.52. The highest BCUT2D eigenvalue weighted by atomic mass is 16.6. The van der Waals surface area contributed by atoms with Crippen molar-refractivity contribution in [3.05, 3.63) is 29.3 Å². The molecule has 0 atom stereocenters. The fraction of sp³-hybridized carbons (Fsp3) is 0.500. The monoisotopic (exact) mass is 347 g/mol. The van der Waals surface area contributed by atoms with Crippen molar-refractivity contribution in [2.45, 2.75) is 39.7 Å². The molecule has 0 unspecified atom stereocenters. The van der Waals surface area contributed by atoms with Crippen molar-refractivity contribution >= 4 is 23.6 Å². The van der Waals surface area contributed by atoms with Crippen LogP contribution in [0, 0.1) is 13.8 Å². The van der Waals surface area contributed by atoms with Crippen LogP contribution in [0.3, 0.4) is 0 Å². The number of nitrogens with one attached hydrogen (secondary N) is 2. The Morgan fingerprint density at radius 3 is 2.28 bits per heavy atom. The fourth-order valence-electron chi connectivity index (χ4n) is 2.85. The Balaban J connectivity index is 1.84. The SMILES string of the molecule is CCOC(=O)N1CCC(NC(=O)C(=O)Nc2c(C)cccc2C)CC1. The molecular formula is C18H25N3O4. The fourth-order valence-corrected chi connectivity index (χ4v) is 2.85. The second kappa shape index (κ2) is 8.50. The van der Waals surface area contributed by atoms with Gasteiger partial charge in [-0.3, -0.25) is 9.59 Å². The van der Waals surface area contributed by atoms with Gasteiger partial charge in [0.2, 0.25) is 0 Å². The number of hydrogen-bond donors (Lipinski definition) is 2. The number of likely N-dealkylation sites (tertiary alicyclic amines) is 1. The highest BCUT2D eigenvalue weighted by Crippen LogP contribution is 2.19. The number of piperidine rings is 1. The summed E-state index contributed by atoms with van der Waals surface area (Å²) in [4.78, 5) is 37.5. The van der Waals surface area contributed by atoms with Crippen LogP contribution >= 0.6 is 0 Å². The zero-order valence-corrected chi connectivity index (χ0v) is 14.9. The van der Waals surface area contributed by atoms with E-state index in [0.717, 1.165) is 11.1 Å². The number of carbonyl (C=O) groups is 3. The van der Waals surface area contributed by atoms with Gasteiger partial charge in [0.05, 0.1) is 6.61 Å². The van der Waals surface area contributed by atoms with Crippen LogP contribution in [0.5, 0.6) is 0 Å². The van der Waals surface area contributed by atoms with Gasteiger partial charge in [0.15, 0.2) is 0 Å². The van der Waals surface area contributed by atoms with Crippen molar-refractivity contribution in [3.8, 4) is 0 Å². The minimum atomic E-state index is -0.676. The maximum Gasteiger partial charge on any atom is 0.409 e. The van der Waals surface area contributed by atoms with E-state index < -0.39 is 11.8 Å². The topological polar surface area (TPSA) is 87.7 Å². The lowest BCUT2D eigenvalue weighted by atomic mass is 10.1. The van der Waals surface area contributed by atoms with E-state index in [9.17, 15) is 14.4 Å². The number of amides is 3. The average Bonchev–Trinajstić information content (AvgIpc) is 2.59. The van der Waals surface area contributed by atoms with Gasteiger partial charge in [-0.25, -0.2) is 4.79 Å². The number of nitrogens with zero attached hydrogens (tertiary/aromatic N) is 1. The molecule has 7 nitrogen and oxygen atoms in total. The lowest BCUT2D eigenvalue weighted by Crippen LogP contribution is -2.49. The van der Waals surface area contributed by atoms with Gasteiger partial charge in [-0.15, -0.1) is 0 Å². The van der Waals surface area contributed by atoms with E-state index in [0.29, 0.717) is 38.2 Å². The first kappa shape index (κ1) is 18.8. The van der Waals surface area contributed by atoms with Crippen LogP contribution in [0.15, 0.2) is 18.2 Å². The smallest absolute Gasteiger partial charge is 0.409 e. The first-order valence-electron chi connectivity index (χ1n) is 8.52. The zero-order chi connectivity index (χ0) is 18.4. The van der Waals surface area contributed by atoms with Gasteiger partial charge >= 0.3 is 17.9 Å². The van der Waals surface area contributed by atoms with Crippen molar-refractivity contribution in [2.75, 3.05) is 25.0 Å². The molecule has 2 N–H and O–H groups in total. The van der Waals surface area contributed by atoms with Gasteiger partial charge in [-0.05, 0) is 44.7 Å². The molecule has 1 aromatic carbocycles. The molecule has 1 fully saturated rings. The van der Waals surface area contributed by atoms with Gasteiger partial charge in [0.25, 0.3) is 0 Å². The number of benzene rings is 1. The molecule has 3 amide bonds. The normalized spacial score (nSPS) is 14.8. The summed E-state index contributed by atoms with van der Waals surface area (Å²) in [5.74, 6) is -1.33. The molecule has 2 rings (SSSR count). The third kappa shape index (κ3) is 4.95. The van der Waals surface area contributed by atoms with Gasteiger partial charge in [0, 0.05) is 24.8 Å². The number of anilines is 1. The summed E-state index contributed by atoms with van der Waals surface area (Å²) < 4.78 is 4.96. The molecule has 7 heteroatoms.